The molecule has 0 amide bonds. The zero-order chi connectivity index (χ0) is 60.2. The molecule has 0 aliphatic heterocycles. The predicted molar refractivity (Wildman–Crippen MR) is 345 cm³/mol. The summed E-state index contributed by atoms with van der Waals surface area (Å²) in [5.41, 5.74) is 11.8. The molecule has 0 saturated carbocycles. The van der Waals surface area contributed by atoms with Crippen molar-refractivity contribution in [2.75, 3.05) is 26.7 Å². The van der Waals surface area contributed by atoms with Crippen molar-refractivity contribution in [3.63, 3.8) is 0 Å². The minimum Gasteiger partial charge on any atom is -0.411 e. The lowest BCUT2D eigenvalue weighted by Gasteiger charge is -2.32. The molecule has 0 bridgehead atoms. The van der Waals surface area contributed by atoms with Gasteiger partial charge in [-0.3, -0.25) is 19.1 Å². The fourth-order valence-electron chi connectivity index (χ4n) is 11.2. The number of fused-ring (bicyclic) bond motifs is 6. The SMILES string of the molecule is CCCCC1(CCCC)c2ccccc2-c2ccc(C(=O)/C(C)=N\O)cc21.CCCCCCC(=O)Cl.CCCCCCC(=O)O/N=C(/C)C(=O)c1ccc2c(c1)C(CCCC)(CCCC)c1ccccc1-2.CCN(CC)CC.CN=P. The summed E-state index contributed by atoms with van der Waals surface area (Å²) in [5.74, 6) is -0.783. The molecule has 446 valence electrons. The normalized spacial score (nSPS) is 13.0. The molecule has 6 rings (SSSR count). The van der Waals surface area contributed by atoms with Gasteiger partial charge in [-0.15, -0.1) is 0 Å². The van der Waals surface area contributed by atoms with Crippen LogP contribution in [0.15, 0.2) is 100.0 Å². The topological polar surface area (TPSA) is 138 Å². The molecule has 0 aromatic heterocycles. The minimum absolute atomic E-state index is 0.0293. The van der Waals surface area contributed by atoms with Crippen LogP contribution in [-0.4, -0.2) is 71.0 Å². The van der Waals surface area contributed by atoms with Gasteiger partial charge < -0.3 is 14.9 Å². The van der Waals surface area contributed by atoms with Gasteiger partial charge in [-0.25, -0.2) is 4.79 Å². The van der Waals surface area contributed by atoms with Gasteiger partial charge in [0.1, 0.15) is 11.4 Å². The number of ketones is 2. The van der Waals surface area contributed by atoms with Crippen LogP contribution in [0.1, 0.15) is 260 Å². The monoisotopic (exact) mass is 1150 g/mol. The number of unbranched alkanes of at least 4 members (excludes halogenated alkanes) is 10. The van der Waals surface area contributed by atoms with Crippen molar-refractivity contribution < 1.29 is 29.2 Å². The number of oxime groups is 2. The van der Waals surface area contributed by atoms with E-state index in [0.29, 0.717) is 24.0 Å². The van der Waals surface area contributed by atoms with Crippen LogP contribution in [0.4, 0.5) is 0 Å². The van der Waals surface area contributed by atoms with Gasteiger partial charge in [0.05, 0.1) is 0 Å². The molecule has 0 unspecified atom stereocenters. The van der Waals surface area contributed by atoms with Crippen LogP contribution < -0.4 is 0 Å². The molecule has 4 aromatic carbocycles. The highest BCUT2D eigenvalue weighted by Gasteiger charge is 2.43. The van der Waals surface area contributed by atoms with Crippen molar-refractivity contribution >= 4 is 54.8 Å². The molecule has 0 heterocycles. The third-order valence-corrected chi connectivity index (χ3v) is 16.0. The molecular formula is C69H102ClN4O6P. The number of hydrogen-bond donors (Lipinski definition) is 1. The first-order valence-corrected chi connectivity index (χ1v) is 31.6. The van der Waals surface area contributed by atoms with Crippen molar-refractivity contribution in [1.29, 1.82) is 0 Å². The van der Waals surface area contributed by atoms with Crippen molar-refractivity contribution in [2.24, 2.45) is 15.1 Å². The number of halogens is 1. The van der Waals surface area contributed by atoms with Crippen LogP contribution in [0.25, 0.3) is 22.3 Å². The van der Waals surface area contributed by atoms with E-state index in [9.17, 15) is 19.2 Å². The Kier molecular flexibility index (Phi) is 35.7. The largest absolute Gasteiger partial charge is 0.411 e. The van der Waals surface area contributed by atoms with Crippen molar-refractivity contribution in [3.05, 3.63) is 118 Å². The van der Waals surface area contributed by atoms with Gasteiger partial charge >= 0.3 is 5.97 Å². The van der Waals surface area contributed by atoms with E-state index >= 15 is 0 Å². The summed E-state index contributed by atoms with van der Waals surface area (Å²) < 4.78 is 3.31. The quantitative estimate of drug-likeness (QED) is 0.00802. The third kappa shape index (κ3) is 21.5. The Morgan fingerprint density at radius 3 is 1.21 bits per heavy atom. The maximum Gasteiger partial charge on any atom is 0.335 e. The Bertz CT molecular complexity index is 2580. The van der Waals surface area contributed by atoms with Gasteiger partial charge in [0.25, 0.3) is 0 Å². The second-order valence-electron chi connectivity index (χ2n) is 21.5. The third-order valence-electron chi connectivity index (χ3n) is 15.8. The number of hydrogen-bond acceptors (Lipinski definition) is 10. The van der Waals surface area contributed by atoms with Crippen LogP contribution in [0.5, 0.6) is 0 Å². The lowest BCUT2D eigenvalue weighted by atomic mass is 9.70. The van der Waals surface area contributed by atoms with Gasteiger partial charge in [-0.1, -0.05) is 235 Å². The van der Waals surface area contributed by atoms with Crippen molar-refractivity contribution in [3.8, 4) is 22.3 Å². The maximum atomic E-state index is 13.2. The summed E-state index contributed by atoms with van der Waals surface area (Å²) in [6.45, 7) is 26.5. The molecule has 0 spiro atoms. The molecule has 0 radical (unpaired) electrons. The van der Waals surface area contributed by atoms with Gasteiger partial charge in [0.15, 0.2) is 0 Å². The second-order valence-corrected chi connectivity index (χ2v) is 22.4. The molecule has 0 saturated heterocycles. The van der Waals surface area contributed by atoms with Crippen LogP contribution in [0.2, 0.25) is 0 Å². The highest BCUT2D eigenvalue weighted by atomic mass is 35.5. The first kappa shape index (κ1) is 72.0. The van der Waals surface area contributed by atoms with E-state index in [4.69, 9.17) is 21.6 Å². The number of rotatable bonds is 30. The summed E-state index contributed by atoms with van der Waals surface area (Å²) in [6, 6.07) is 29.5. The fourth-order valence-corrected chi connectivity index (χ4v) is 11.3. The van der Waals surface area contributed by atoms with E-state index in [1.54, 1.807) is 20.9 Å². The lowest BCUT2D eigenvalue weighted by molar-refractivity contribution is -0.143. The Morgan fingerprint density at radius 2 is 0.864 bits per heavy atom. The standard InChI is InChI=1S/C31H41NO3.C24H29NO2.C7H13ClO.C6H15N.CH4NP/c1-5-8-11-12-17-29(33)35-32-23(4)30(34)24-18-19-26-25-15-13-14-16-27(25)31(20-9-6-2,21-10-7-3)28(26)22-24;1-4-6-14-24(15-7-5-2)21-11-9-8-10-19(21)20-13-12-18(16-22(20)24)23(26)17(3)25-27;1-2-3-4-5-6-7(8)9;1-4-7(5-2)6-3;1-2-3/h13-16,18-19,22H,5-12,17,20-21H2,1-4H3;8-13,16,27H,4-7,14-15H2,1-3H3;2-6H2,1H3;4-6H2,1-3H3;3H,1H3/b32-23-;25-17-;;;. The average Bonchev–Trinajstić information content (AvgIpc) is 3.92. The molecule has 10 nitrogen and oxygen atoms in total. The minimum atomic E-state index is -0.379. The van der Waals surface area contributed by atoms with Crippen molar-refractivity contribution in [1.82, 2.24) is 4.90 Å². The van der Waals surface area contributed by atoms with E-state index < -0.39 is 0 Å². The molecule has 12 heteroatoms. The molecule has 1 N–H and O–H groups in total. The molecular weight excluding hydrogens is 1050 g/mol. The fraction of sp³-hybridized carbons (Fsp3) is 0.565. The van der Waals surface area contributed by atoms with Crippen LogP contribution >= 0.6 is 20.6 Å². The van der Waals surface area contributed by atoms with E-state index in [1.807, 2.05) is 12.1 Å². The molecule has 0 atom stereocenters. The zero-order valence-corrected chi connectivity index (χ0v) is 53.7. The molecule has 0 fully saturated rings. The summed E-state index contributed by atoms with van der Waals surface area (Å²) in [6.07, 6.45) is 22.9. The summed E-state index contributed by atoms with van der Waals surface area (Å²) in [4.78, 5) is 55.4. The first-order valence-electron chi connectivity index (χ1n) is 30.8. The number of benzene rings is 4. The molecule has 2 aliphatic rings. The van der Waals surface area contributed by atoms with E-state index in [1.165, 1.54) is 77.0 Å². The van der Waals surface area contributed by atoms with Gasteiger partial charge in [-0.2, -0.15) is 0 Å². The molecule has 81 heavy (non-hydrogen) atoms. The maximum absolute atomic E-state index is 13.2. The number of carbonyl (C=O) groups is 4. The summed E-state index contributed by atoms with van der Waals surface area (Å²) in [5, 5.41) is 15.8. The summed E-state index contributed by atoms with van der Waals surface area (Å²) >= 11 is 5.12. The van der Waals surface area contributed by atoms with Gasteiger partial charge in [-0.05, 0) is 149 Å². The van der Waals surface area contributed by atoms with Crippen LogP contribution in [0, 0.1) is 0 Å². The number of Topliss-reactive ketones (excluding diaryl/α,β-unsaturated/α-hetero) is 2. The van der Waals surface area contributed by atoms with E-state index in [0.717, 1.165) is 116 Å². The number of carbonyl (C=O) groups excluding carboxylic acids is 4. The van der Waals surface area contributed by atoms with E-state index in [-0.39, 0.29) is 45.0 Å². The lowest BCUT2D eigenvalue weighted by Crippen LogP contribution is -2.26. The highest BCUT2D eigenvalue weighted by molar-refractivity contribution is 7.03. The number of nitrogens with zero attached hydrogens (tertiary/aromatic N) is 4. The van der Waals surface area contributed by atoms with Gasteiger partial charge in [0, 0.05) is 41.8 Å². The Labute approximate surface area is 497 Å². The second kappa shape index (κ2) is 40.1. The van der Waals surface area contributed by atoms with Gasteiger partial charge in [0.2, 0.25) is 16.8 Å². The predicted octanol–water partition coefficient (Wildman–Crippen LogP) is 19.8. The average molecular weight is 1150 g/mol. The highest BCUT2D eigenvalue weighted by Crippen LogP contribution is 2.55. The zero-order valence-electron chi connectivity index (χ0n) is 51.9. The molecule has 2 aliphatic carbocycles. The first-order chi connectivity index (χ1) is 39.1. The van der Waals surface area contributed by atoms with Crippen LogP contribution in [-0.2, 0) is 25.3 Å². The van der Waals surface area contributed by atoms with E-state index in [2.05, 4.69) is 164 Å². The Hall–Kier alpha value is -5.15. The smallest absolute Gasteiger partial charge is 0.335 e. The Morgan fingerprint density at radius 1 is 0.506 bits per heavy atom. The summed E-state index contributed by atoms with van der Waals surface area (Å²) in [7, 11) is 4.47. The Balaban J connectivity index is 0.000000426. The van der Waals surface area contributed by atoms with Crippen molar-refractivity contribution in [2.45, 2.75) is 228 Å². The van der Waals surface area contributed by atoms with Crippen LogP contribution in [0.3, 0.4) is 0 Å². The molecule has 4 aromatic rings.